The van der Waals surface area contributed by atoms with Crippen molar-refractivity contribution in [3.05, 3.63) is 45.6 Å². The molecule has 0 bridgehead atoms. The van der Waals surface area contributed by atoms with Crippen molar-refractivity contribution in [3.8, 4) is 5.75 Å². The van der Waals surface area contributed by atoms with E-state index >= 15 is 0 Å². The van der Waals surface area contributed by atoms with E-state index in [1.165, 1.54) is 4.68 Å². The van der Waals surface area contributed by atoms with E-state index in [2.05, 4.69) is 10.4 Å². The SMILES string of the molecule is CCc1cc(NC(=O)c2cc([N+](=O)[O-])ccc2O)n(C)n1. The third kappa shape index (κ3) is 2.99. The summed E-state index contributed by atoms with van der Waals surface area (Å²) in [4.78, 5) is 22.2. The van der Waals surface area contributed by atoms with E-state index in [1.807, 2.05) is 6.92 Å². The number of nitrogens with one attached hydrogen (secondary N) is 1. The van der Waals surface area contributed by atoms with Gasteiger partial charge in [0.1, 0.15) is 11.6 Å². The molecular formula is C13H14N4O4. The zero-order chi connectivity index (χ0) is 15.6. The maximum Gasteiger partial charge on any atom is 0.270 e. The van der Waals surface area contributed by atoms with Crippen LogP contribution in [0.4, 0.5) is 11.5 Å². The van der Waals surface area contributed by atoms with E-state index in [9.17, 15) is 20.0 Å². The molecule has 110 valence electrons. The summed E-state index contributed by atoms with van der Waals surface area (Å²) >= 11 is 0. The van der Waals surface area contributed by atoms with E-state index in [0.29, 0.717) is 12.2 Å². The number of phenols is 1. The Hall–Kier alpha value is -2.90. The second-order valence-electron chi connectivity index (χ2n) is 4.41. The van der Waals surface area contributed by atoms with Gasteiger partial charge in [-0.25, -0.2) is 0 Å². The van der Waals surface area contributed by atoms with Crippen LogP contribution in [0.25, 0.3) is 0 Å². The topological polar surface area (TPSA) is 110 Å². The largest absolute Gasteiger partial charge is 0.507 e. The normalized spacial score (nSPS) is 10.4. The highest BCUT2D eigenvalue weighted by molar-refractivity contribution is 6.06. The van der Waals surface area contributed by atoms with E-state index in [1.54, 1.807) is 13.1 Å². The molecule has 2 aromatic rings. The fraction of sp³-hybridized carbons (Fsp3) is 0.231. The third-order valence-corrected chi connectivity index (χ3v) is 2.97. The molecule has 21 heavy (non-hydrogen) atoms. The molecule has 1 heterocycles. The molecule has 0 fully saturated rings. The predicted molar refractivity (Wildman–Crippen MR) is 75.3 cm³/mol. The molecule has 1 amide bonds. The second kappa shape index (κ2) is 5.61. The number of phenolic OH excluding ortho intramolecular Hbond substituents is 1. The van der Waals surface area contributed by atoms with Gasteiger partial charge in [-0.15, -0.1) is 0 Å². The standard InChI is InChI=1S/C13H14N4O4/c1-3-8-6-12(16(2)15-8)14-13(19)10-7-9(17(20)21)4-5-11(10)18/h4-7,18H,3H2,1-2H3,(H,14,19). The average molecular weight is 290 g/mol. The van der Waals surface area contributed by atoms with Crippen LogP contribution in [0, 0.1) is 10.1 Å². The first-order valence-electron chi connectivity index (χ1n) is 6.24. The zero-order valence-corrected chi connectivity index (χ0v) is 11.5. The van der Waals surface area contributed by atoms with Crippen LogP contribution in [-0.4, -0.2) is 25.7 Å². The van der Waals surface area contributed by atoms with Crippen molar-refractivity contribution >= 4 is 17.4 Å². The number of carbonyl (C=O) groups is 1. The van der Waals surface area contributed by atoms with E-state index in [-0.39, 0.29) is 17.0 Å². The highest BCUT2D eigenvalue weighted by atomic mass is 16.6. The molecule has 0 aliphatic carbocycles. The van der Waals surface area contributed by atoms with Crippen LogP contribution in [-0.2, 0) is 13.5 Å². The number of amides is 1. The van der Waals surface area contributed by atoms with Crippen LogP contribution in [0.15, 0.2) is 24.3 Å². The van der Waals surface area contributed by atoms with Gasteiger partial charge in [0.25, 0.3) is 11.6 Å². The molecule has 1 aromatic heterocycles. The minimum absolute atomic E-state index is 0.163. The van der Waals surface area contributed by atoms with Gasteiger partial charge in [-0.1, -0.05) is 6.92 Å². The highest BCUT2D eigenvalue weighted by Crippen LogP contribution is 2.24. The lowest BCUT2D eigenvalue weighted by Crippen LogP contribution is -2.15. The maximum atomic E-state index is 12.1. The number of nitrogens with zero attached hydrogens (tertiary/aromatic N) is 3. The first-order valence-corrected chi connectivity index (χ1v) is 6.24. The summed E-state index contributed by atoms with van der Waals surface area (Å²) < 4.78 is 1.49. The van der Waals surface area contributed by atoms with Gasteiger partial charge in [0.15, 0.2) is 0 Å². The monoisotopic (exact) mass is 290 g/mol. The number of non-ortho nitro benzene ring substituents is 1. The Kier molecular flexibility index (Phi) is 3.88. The molecule has 0 saturated carbocycles. The number of hydrogen-bond acceptors (Lipinski definition) is 5. The fourth-order valence-corrected chi connectivity index (χ4v) is 1.82. The Balaban J connectivity index is 2.29. The molecule has 2 rings (SSSR count). The van der Waals surface area contributed by atoms with E-state index in [4.69, 9.17) is 0 Å². The van der Waals surface area contributed by atoms with Crippen LogP contribution in [0.3, 0.4) is 0 Å². The number of nitro benzene ring substituents is 1. The molecule has 0 atom stereocenters. The average Bonchev–Trinajstić information content (AvgIpc) is 2.79. The number of benzene rings is 1. The summed E-state index contributed by atoms with van der Waals surface area (Å²) in [5.74, 6) is -0.513. The van der Waals surface area contributed by atoms with Gasteiger partial charge in [-0.3, -0.25) is 19.6 Å². The van der Waals surface area contributed by atoms with Gasteiger partial charge < -0.3 is 10.4 Å². The molecule has 0 aliphatic rings. The van der Waals surface area contributed by atoms with Crippen molar-refractivity contribution in [2.24, 2.45) is 7.05 Å². The van der Waals surface area contributed by atoms with Crippen molar-refractivity contribution in [2.45, 2.75) is 13.3 Å². The number of hydrogen-bond donors (Lipinski definition) is 2. The lowest BCUT2D eigenvalue weighted by Gasteiger charge is -2.06. The van der Waals surface area contributed by atoms with Crippen LogP contribution in [0.1, 0.15) is 23.0 Å². The van der Waals surface area contributed by atoms with Gasteiger partial charge in [-0.05, 0) is 12.5 Å². The quantitative estimate of drug-likeness (QED) is 0.659. The number of carbonyl (C=O) groups excluding carboxylic acids is 1. The van der Waals surface area contributed by atoms with Gasteiger partial charge in [0, 0.05) is 25.2 Å². The summed E-state index contributed by atoms with van der Waals surface area (Å²) in [6, 6.07) is 4.98. The zero-order valence-electron chi connectivity index (χ0n) is 11.5. The first-order chi connectivity index (χ1) is 9.92. The van der Waals surface area contributed by atoms with Crippen LogP contribution >= 0.6 is 0 Å². The molecule has 0 unspecified atom stereocenters. The number of nitro groups is 1. The lowest BCUT2D eigenvalue weighted by atomic mass is 10.1. The fourth-order valence-electron chi connectivity index (χ4n) is 1.82. The number of rotatable bonds is 4. The Morgan fingerprint density at radius 3 is 2.76 bits per heavy atom. The number of aromatic nitrogens is 2. The molecule has 8 nitrogen and oxygen atoms in total. The smallest absolute Gasteiger partial charge is 0.270 e. The summed E-state index contributed by atoms with van der Waals surface area (Å²) in [6.45, 7) is 1.93. The van der Waals surface area contributed by atoms with Gasteiger partial charge in [-0.2, -0.15) is 5.10 Å². The van der Waals surface area contributed by atoms with Gasteiger partial charge in [0.05, 0.1) is 16.2 Å². The highest BCUT2D eigenvalue weighted by Gasteiger charge is 2.18. The molecule has 0 spiro atoms. The molecule has 2 N–H and O–H groups in total. The summed E-state index contributed by atoms with van der Waals surface area (Å²) in [5, 5.41) is 27.1. The number of anilines is 1. The molecule has 0 aliphatic heterocycles. The van der Waals surface area contributed by atoms with Crippen LogP contribution < -0.4 is 5.32 Å². The molecular weight excluding hydrogens is 276 g/mol. The van der Waals surface area contributed by atoms with E-state index in [0.717, 1.165) is 23.9 Å². The van der Waals surface area contributed by atoms with Crippen molar-refractivity contribution in [2.75, 3.05) is 5.32 Å². The first kappa shape index (κ1) is 14.5. The molecule has 1 aromatic carbocycles. The molecule has 0 radical (unpaired) electrons. The lowest BCUT2D eigenvalue weighted by molar-refractivity contribution is -0.384. The number of aromatic hydroxyl groups is 1. The predicted octanol–water partition coefficient (Wildman–Crippen LogP) is 1.85. The van der Waals surface area contributed by atoms with E-state index < -0.39 is 10.8 Å². The minimum atomic E-state index is -0.637. The molecule has 8 heteroatoms. The van der Waals surface area contributed by atoms with Crippen molar-refractivity contribution in [3.63, 3.8) is 0 Å². The Morgan fingerprint density at radius 2 is 2.19 bits per heavy atom. The Labute approximate surface area is 120 Å². The second-order valence-corrected chi connectivity index (χ2v) is 4.41. The summed E-state index contributed by atoms with van der Waals surface area (Å²) in [5.41, 5.74) is 0.372. The Bertz CT molecular complexity index is 708. The van der Waals surface area contributed by atoms with Crippen molar-refractivity contribution < 1.29 is 14.8 Å². The molecule has 0 saturated heterocycles. The van der Waals surface area contributed by atoms with Gasteiger partial charge in [0.2, 0.25) is 0 Å². The summed E-state index contributed by atoms with van der Waals surface area (Å²) in [6.07, 6.45) is 0.714. The van der Waals surface area contributed by atoms with Crippen LogP contribution in [0.2, 0.25) is 0 Å². The maximum absolute atomic E-state index is 12.1. The minimum Gasteiger partial charge on any atom is -0.507 e. The number of aryl methyl sites for hydroxylation is 2. The summed E-state index contributed by atoms with van der Waals surface area (Å²) in [7, 11) is 1.67. The Morgan fingerprint density at radius 1 is 1.48 bits per heavy atom. The van der Waals surface area contributed by atoms with Crippen molar-refractivity contribution in [1.82, 2.24) is 9.78 Å². The van der Waals surface area contributed by atoms with Crippen molar-refractivity contribution in [1.29, 1.82) is 0 Å². The van der Waals surface area contributed by atoms with Gasteiger partial charge >= 0.3 is 0 Å². The third-order valence-electron chi connectivity index (χ3n) is 2.97. The van der Waals surface area contributed by atoms with Crippen LogP contribution in [0.5, 0.6) is 5.75 Å².